The second-order valence-electron chi connectivity index (χ2n) is 7.45. The van der Waals surface area contributed by atoms with Crippen molar-refractivity contribution in [2.45, 2.75) is 13.0 Å². The van der Waals surface area contributed by atoms with Gasteiger partial charge in [0.05, 0.1) is 31.6 Å². The molecule has 162 valence electrons. The highest BCUT2D eigenvalue weighted by molar-refractivity contribution is 5.95. The molecule has 1 amide bonds. The van der Waals surface area contributed by atoms with E-state index in [2.05, 4.69) is 15.5 Å². The van der Waals surface area contributed by atoms with Crippen molar-refractivity contribution in [2.24, 2.45) is 0 Å². The van der Waals surface area contributed by atoms with Gasteiger partial charge in [0, 0.05) is 11.1 Å². The van der Waals surface area contributed by atoms with E-state index >= 15 is 0 Å². The van der Waals surface area contributed by atoms with Crippen LogP contribution in [0.2, 0.25) is 0 Å². The molecule has 0 bridgehead atoms. The third kappa shape index (κ3) is 4.64. The van der Waals surface area contributed by atoms with Crippen LogP contribution in [0.4, 0.5) is 0 Å². The SMILES string of the molecule is COc1cccc(-c2cc(-c3ccc(C(=O)N[C@H](C)c4cccc(OC)c4)cc3)[nH]n2)c1. The number of ether oxygens (including phenoxy) is 2. The van der Waals surface area contributed by atoms with Crippen LogP contribution < -0.4 is 14.8 Å². The Morgan fingerprint density at radius 2 is 1.56 bits per heavy atom. The minimum absolute atomic E-state index is 0.131. The van der Waals surface area contributed by atoms with Crippen LogP contribution in [0.15, 0.2) is 78.9 Å². The van der Waals surface area contributed by atoms with Crippen molar-refractivity contribution in [3.05, 3.63) is 90.0 Å². The van der Waals surface area contributed by atoms with Gasteiger partial charge in [-0.1, -0.05) is 36.4 Å². The molecule has 1 heterocycles. The highest BCUT2D eigenvalue weighted by atomic mass is 16.5. The van der Waals surface area contributed by atoms with Gasteiger partial charge in [0.1, 0.15) is 11.5 Å². The van der Waals surface area contributed by atoms with Gasteiger partial charge in [-0.05, 0) is 60.5 Å². The third-order valence-corrected chi connectivity index (χ3v) is 5.34. The van der Waals surface area contributed by atoms with Crippen LogP contribution in [-0.2, 0) is 0 Å². The second-order valence-corrected chi connectivity index (χ2v) is 7.45. The number of rotatable bonds is 7. The average Bonchev–Trinajstić information content (AvgIpc) is 3.34. The van der Waals surface area contributed by atoms with Gasteiger partial charge in [-0.3, -0.25) is 9.89 Å². The van der Waals surface area contributed by atoms with Gasteiger partial charge >= 0.3 is 0 Å². The highest BCUT2D eigenvalue weighted by Crippen LogP contribution is 2.26. The number of hydrogen-bond donors (Lipinski definition) is 2. The Morgan fingerprint density at radius 3 is 2.28 bits per heavy atom. The Balaban J connectivity index is 1.46. The van der Waals surface area contributed by atoms with Gasteiger partial charge in [-0.25, -0.2) is 0 Å². The van der Waals surface area contributed by atoms with Crippen molar-refractivity contribution in [2.75, 3.05) is 14.2 Å². The summed E-state index contributed by atoms with van der Waals surface area (Å²) in [4.78, 5) is 12.7. The zero-order valence-electron chi connectivity index (χ0n) is 18.3. The van der Waals surface area contributed by atoms with Crippen LogP contribution in [-0.4, -0.2) is 30.3 Å². The number of hydrogen-bond acceptors (Lipinski definition) is 4. The van der Waals surface area contributed by atoms with Crippen LogP contribution in [0.1, 0.15) is 28.9 Å². The summed E-state index contributed by atoms with van der Waals surface area (Å²) in [6.07, 6.45) is 0. The molecule has 0 radical (unpaired) electrons. The molecule has 0 aliphatic carbocycles. The molecule has 0 fully saturated rings. The van der Waals surface area contributed by atoms with Crippen LogP contribution in [0, 0.1) is 0 Å². The molecule has 0 aliphatic rings. The van der Waals surface area contributed by atoms with E-state index in [0.717, 1.165) is 39.6 Å². The Bertz CT molecular complexity index is 1210. The maximum atomic E-state index is 12.7. The van der Waals surface area contributed by atoms with E-state index in [1.54, 1.807) is 14.2 Å². The maximum Gasteiger partial charge on any atom is 0.251 e. The van der Waals surface area contributed by atoms with Crippen molar-refractivity contribution >= 4 is 5.91 Å². The van der Waals surface area contributed by atoms with Gasteiger partial charge in [0.25, 0.3) is 5.91 Å². The molecular weight excluding hydrogens is 402 g/mol. The number of H-pyrrole nitrogens is 1. The van der Waals surface area contributed by atoms with E-state index in [-0.39, 0.29) is 11.9 Å². The first-order chi connectivity index (χ1) is 15.6. The zero-order valence-corrected chi connectivity index (χ0v) is 18.3. The first-order valence-corrected chi connectivity index (χ1v) is 10.3. The predicted molar refractivity (Wildman–Crippen MR) is 125 cm³/mol. The van der Waals surface area contributed by atoms with Crippen LogP contribution >= 0.6 is 0 Å². The fourth-order valence-corrected chi connectivity index (χ4v) is 3.48. The van der Waals surface area contributed by atoms with Crippen molar-refractivity contribution in [3.63, 3.8) is 0 Å². The third-order valence-electron chi connectivity index (χ3n) is 5.34. The topological polar surface area (TPSA) is 76.2 Å². The van der Waals surface area contributed by atoms with Crippen molar-refractivity contribution < 1.29 is 14.3 Å². The maximum absolute atomic E-state index is 12.7. The quantitative estimate of drug-likeness (QED) is 0.422. The molecule has 6 heteroatoms. The number of methoxy groups -OCH3 is 2. The lowest BCUT2D eigenvalue weighted by Gasteiger charge is -2.15. The molecule has 1 atom stereocenters. The second kappa shape index (κ2) is 9.39. The molecule has 1 aromatic heterocycles. The molecule has 6 nitrogen and oxygen atoms in total. The zero-order chi connectivity index (χ0) is 22.5. The normalized spacial score (nSPS) is 11.6. The standard InChI is InChI=1S/C26H25N3O3/c1-17(20-6-4-8-22(14-20)31-2)27-26(30)19-12-10-18(11-13-19)24-16-25(29-28-24)21-7-5-9-23(15-21)32-3/h4-17H,1-3H3,(H,27,30)(H,28,29)/t17-/m1/s1. The van der Waals surface area contributed by atoms with Gasteiger partial charge in [0.15, 0.2) is 0 Å². The summed E-state index contributed by atoms with van der Waals surface area (Å²) in [5, 5.41) is 10.5. The lowest BCUT2D eigenvalue weighted by Crippen LogP contribution is -2.26. The van der Waals surface area contributed by atoms with Crippen molar-refractivity contribution in [1.29, 1.82) is 0 Å². The number of amides is 1. The monoisotopic (exact) mass is 427 g/mol. The van der Waals surface area contributed by atoms with Gasteiger partial charge in [-0.15, -0.1) is 0 Å². The molecule has 0 aliphatic heterocycles. The number of aromatic nitrogens is 2. The van der Waals surface area contributed by atoms with Crippen LogP contribution in [0.3, 0.4) is 0 Å². The van der Waals surface area contributed by atoms with E-state index in [1.807, 2.05) is 85.8 Å². The number of nitrogens with zero attached hydrogens (tertiary/aromatic N) is 1. The summed E-state index contributed by atoms with van der Waals surface area (Å²) in [6, 6.07) is 24.7. The minimum atomic E-state index is -0.143. The van der Waals surface area contributed by atoms with Gasteiger partial charge < -0.3 is 14.8 Å². The number of carbonyl (C=O) groups excluding carboxylic acids is 1. The molecule has 0 unspecified atom stereocenters. The Labute approximate surface area is 187 Å². The summed E-state index contributed by atoms with van der Waals surface area (Å²) in [6.45, 7) is 1.95. The summed E-state index contributed by atoms with van der Waals surface area (Å²) in [5.74, 6) is 1.42. The largest absolute Gasteiger partial charge is 0.497 e. The summed E-state index contributed by atoms with van der Waals surface area (Å²) < 4.78 is 10.6. The molecule has 4 aromatic rings. The molecule has 3 aromatic carbocycles. The van der Waals surface area contributed by atoms with E-state index in [1.165, 1.54) is 0 Å². The van der Waals surface area contributed by atoms with Crippen LogP contribution in [0.5, 0.6) is 11.5 Å². The molecule has 0 spiro atoms. The fraction of sp³-hybridized carbons (Fsp3) is 0.154. The summed E-state index contributed by atoms with van der Waals surface area (Å²) >= 11 is 0. The van der Waals surface area contributed by atoms with E-state index in [4.69, 9.17) is 9.47 Å². The average molecular weight is 428 g/mol. The summed E-state index contributed by atoms with van der Waals surface area (Å²) in [7, 11) is 3.27. The number of nitrogens with one attached hydrogen (secondary N) is 2. The molecule has 32 heavy (non-hydrogen) atoms. The first kappa shape index (κ1) is 21.2. The van der Waals surface area contributed by atoms with Crippen molar-refractivity contribution in [1.82, 2.24) is 15.5 Å². The van der Waals surface area contributed by atoms with E-state index < -0.39 is 0 Å². The Hall–Kier alpha value is -4.06. The first-order valence-electron chi connectivity index (χ1n) is 10.3. The van der Waals surface area contributed by atoms with E-state index in [0.29, 0.717) is 5.56 Å². The van der Waals surface area contributed by atoms with Crippen molar-refractivity contribution in [3.8, 4) is 34.0 Å². The fourth-order valence-electron chi connectivity index (χ4n) is 3.48. The highest BCUT2D eigenvalue weighted by Gasteiger charge is 2.13. The van der Waals surface area contributed by atoms with Gasteiger partial charge in [0.2, 0.25) is 0 Å². The van der Waals surface area contributed by atoms with Crippen LogP contribution in [0.25, 0.3) is 22.5 Å². The lowest BCUT2D eigenvalue weighted by molar-refractivity contribution is 0.0940. The number of carbonyl (C=O) groups is 1. The van der Waals surface area contributed by atoms with Gasteiger partial charge in [-0.2, -0.15) is 5.10 Å². The summed E-state index contributed by atoms with van der Waals surface area (Å²) in [5.41, 5.74) is 5.19. The predicted octanol–water partition coefficient (Wildman–Crippen LogP) is 5.25. The Kier molecular flexibility index (Phi) is 6.22. The number of aromatic amines is 1. The molecule has 2 N–H and O–H groups in total. The molecular formula is C26H25N3O3. The lowest BCUT2D eigenvalue weighted by atomic mass is 10.1. The van der Waals surface area contributed by atoms with E-state index in [9.17, 15) is 4.79 Å². The molecule has 0 saturated heterocycles. The molecule has 0 saturated carbocycles. The smallest absolute Gasteiger partial charge is 0.251 e. The Morgan fingerprint density at radius 1 is 0.875 bits per heavy atom. The minimum Gasteiger partial charge on any atom is -0.497 e. The number of benzene rings is 3. The molecule has 4 rings (SSSR count).